The quantitative estimate of drug-likeness (QED) is 0.699. The first kappa shape index (κ1) is 18.7. The van der Waals surface area contributed by atoms with Crippen LogP contribution in [0, 0.1) is 6.92 Å². The smallest absolute Gasteiger partial charge is 0.341 e. The molecule has 1 N–H and O–H groups in total. The second-order valence-corrected chi connectivity index (χ2v) is 5.50. The monoisotopic (exact) mass is 357 g/mol. The Bertz CT molecular complexity index is 912. The summed E-state index contributed by atoms with van der Waals surface area (Å²) in [5, 5.41) is 4.18. The predicted octanol–water partition coefficient (Wildman–Crippen LogP) is 4.45. The van der Waals surface area contributed by atoms with Crippen LogP contribution in [0.15, 0.2) is 42.6 Å². The minimum absolute atomic E-state index is 0. The first-order chi connectivity index (χ1) is 11.6. The molecule has 2 heterocycles. The minimum Gasteiger partial charge on any atom is -0.465 e. The minimum atomic E-state index is -0.429. The van der Waals surface area contributed by atoms with Crippen LogP contribution in [0.4, 0.5) is 11.4 Å². The van der Waals surface area contributed by atoms with Gasteiger partial charge in [-0.3, -0.25) is 0 Å². The Morgan fingerprint density at radius 2 is 1.96 bits per heavy atom. The highest BCUT2D eigenvalue weighted by molar-refractivity contribution is 6.05. The van der Waals surface area contributed by atoms with Crippen molar-refractivity contribution in [3.8, 4) is 0 Å². The van der Waals surface area contributed by atoms with E-state index in [4.69, 9.17) is 4.74 Å². The summed E-state index contributed by atoms with van der Waals surface area (Å²) in [7, 11) is 1.36. The van der Waals surface area contributed by atoms with E-state index in [2.05, 4.69) is 28.3 Å². The van der Waals surface area contributed by atoms with Gasteiger partial charge in [-0.15, -0.1) is 12.4 Å². The van der Waals surface area contributed by atoms with E-state index < -0.39 is 5.97 Å². The van der Waals surface area contributed by atoms with Gasteiger partial charge in [-0.2, -0.15) is 0 Å². The third kappa shape index (κ3) is 3.72. The maximum absolute atomic E-state index is 12.2. The zero-order valence-electron chi connectivity index (χ0n) is 14.4. The third-order valence-electron chi connectivity index (χ3n) is 3.93. The fraction of sp³-hybridized carbons (Fsp3) is 0.211. The molecule has 3 aromatic rings. The van der Waals surface area contributed by atoms with E-state index in [1.165, 1.54) is 18.9 Å². The second-order valence-electron chi connectivity index (χ2n) is 5.50. The van der Waals surface area contributed by atoms with Crippen molar-refractivity contribution in [3.05, 3.63) is 59.4 Å². The number of pyridine rings is 2. The Morgan fingerprint density at radius 3 is 2.68 bits per heavy atom. The molecule has 0 aliphatic rings. The van der Waals surface area contributed by atoms with Crippen LogP contribution in [-0.2, 0) is 11.2 Å². The van der Waals surface area contributed by atoms with Crippen LogP contribution in [0.3, 0.4) is 0 Å². The molecule has 0 saturated heterocycles. The lowest BCUT2D eigenvalue weighted by molar-refractivity contribution is 0.0601. The van der Waals surface area contributed by atoms with Gasteiger partial charge in [0.15, 0.2) is 5.65 Å². The average molecular weight is 358 g/mol. The molecule has 6 heteroatoms. The van der Waals surface area contributed by atoms with E-state index in [9.17, 15) is 4.79 Å². The molecule has 5 nitrogen and oxygen atoms in total. The first-order valence-electron chi connectivity index (χ1n) is 7.83. The molecule has 2 aromatic heterocycles. The van der Waals surface area contributed by atoms with Crippen LogP contribution in [-0.4, -0.2) is 23.0 Å². The average Bonchev–Trinajstić information content (AvgIpc) is 2.61. The number of nitrogens with one attached hydrogen (secondary N) is 1. The van der Waals surface area contributed by atoms with Gasteiger partial charge in [0.2, 0.25) is 0 Å². The van der Waals surface area contributed by atoms with Gasteiger partial charge < -0.3 is 10.1 Å². The number of aryl methyl sites for hydroxylation is 2. The summed E-state index contributed by atoms with van der Waals surface area (Å²) in [6, 6.07) is 11.8. The van der Waals surface area contributed by atoms with Crippen LogP contribution < -0.4 is 5.32 Å². The number of anilines is 2. The van der Waals surface area contributed by atoms with Gasteiger partial charge in [0, 0.05) is 23.0 Å². The fourth-order valence-corrected chi connectivity index (χ4v) is 2.66. The molecule has 0 saturated carbocycles. The Balaban J connectivity index is 0.00000225. The van der Waals surface area contributed by atoms with Gasteiger partial charge >= 0.3 is 5.97 Å². The number of carbonyl (C=O) groups excluding carboxylic acids is 1. The van der Waals surface area contributed by atoms with Gasteiger partial charge in [-0.05, 0) is 37.1 Å². The number of fused-ring (bicyclic) bond motifs is 1. The summed E-state index contributed by atoms with van der Waals surface area (Å²) in [5.41, 5.74) is 4.65. The standard InChI is InChI=1S/C19H19N3O2.ClH/c1-4-13-7-5-6-8-16(13)22-17-14-10-9-12(2)21-18(14)20-11-15(17)19(23)24-3;/h5-11H,4H2,1-3H3,(H,20,21,22);1H. The van der Waals surface area contributed by atoms with E-state index in [0.717, 1.165) is 23.2 Å². The molecule has 0 amide bonds. The van der Waals surface area contributed by atoms with E-state index in [1.54, 1.807) is 0 Å². The summed E-state index contributed by atoms with van der Waals surface area (Å²) < 4.78 is 4.90. The molecule has 0 aliphatic heterocycles. The zero-order valence-corrected chi connectivity index (χ0v) is 15.2. The van der Waals surface area contributed by atoms with Crippen molar-refractivity contribution in [2.75, 3.05) is 12.4 Å². The molecule has 0 aliphatic carbocycles. The molecule has 0 radical (unpaired) electrons. The molecule has 0 fully saturated rings. The van der Waals surface area contributed by atoms with Gasteiger partial charge in [-0.1, -0.05) is 25.1 Å². The van der Waals surface area contributed by atoms with Crippen molar-refractivity contribution in [2.45, 2.75) is 20.3 Å². The predicted molar refractivity (Wildman–Crippen MR) is 102 cm³/mol. The lowest BCUT2D eigenvalue weighted by Crippen LogP contribution is -2.08. The van der Waals surface area contributed by atoms with Crippen LogP contribution in [0.2, 0.25) is 0 Å². The normalized spacial score (nSPS) is 10.2. The van der Waals surface area contributed by atoms with E-state index in [-0.39, 0.29) is 12.4 Å². The highest BCUT2D eigenvalue weighted by Gasteiger charge is 2.17. The number of carbonyl (C=O) groups is 1. The maximum atomic E-state index is 12.2. The van der Waals surface area contributed by atoms with Gasteiger partial charge in [0.05, 0.1) is 12.8 Å². The maximum Gasteiger partial charge on any atom is 0.341 e. The third-order valence-corrected chi connectivity index (χ3v) is 3.93. The molecule has 3 rings (SSSR count). The van der Waals surface area contributed by atoms with Crippen molar-refractivity contribution in [1.82, 2.24) is 9.97 Å². The Morgan fingerprint density at radius 1 is 1.20 bits per heavy atom. The largest absolute Gasteiger partial charge is 0.465 e. The zero-order chi connectivity index (χ0) is 17.1. The number of ether oxygens (including phenoxy) is 1. The fourth-order valence-electron chi connectivity index (χ4n) is 2.66. The summed E-state index contributed by atoms with van der Waals surface area (Å²) in [6.07, 6.45) is 2.40. The van der Waals surface area contributed by atoms with Crippen LogP contribution in [0.1, 0.15) is 28.5 Å². The van der Waals surface area contributed by atoms with E-state index in [1.807, 2.05) is 37.3 Å². The number of benzene rings is 1. The highest BCUT2D eigenvalue weighted by atomic mass is 35.5. The number of hydrogen-bond donors (Lipinski definition) is 1. The molecule has 25 heavy (non-hydrogen) atoms. The van der Waals surface area contributed by atoms with Crippen molar-refractivity contribution in [2.24, 2.45) is 0 Å². The molecule has 0 unspecified atom stereocenters. The second kappa shape index (κ2) is 7.94. The van der Waals surface area contributed by atoms with Gasteiger partial charge in [0.25, 0.3) is 0 Å². The van der Waals surface area contributed by atoms with Gasteiger partial charge in [0.1, 0.15) is 5.56 Å². The van der Waals surface area contributed by atoms with Crippen molar-refractivity contribution in [3.63, 3.8) is 0 Å². The van der Waals surface area contributed by atoms with Crippen LogP contribution in [0.5, 0.6) is 0 Å². The lowest BCUT2D eigenvalue weighted by Gasteiger charge is -2.15. The van der Waals surface area contributed by atoms with E-state index in [0.29, 0.717) is 16.9 Å². The van der Waals surface area contributed by atoms with Crippen LogP contribution >= 0.6 is 12.4 Å². The molecule has 0 spiro atoms. The number of esters is 1. The summed E-state index contributed by atoms with van der Waals surface area (Å²) in [5.74, 6) is -0.429. The topological polar surface area (TPSA) is 64.1 Å². The van der Waals surface area contributed by atoms with Crippen LogP contribution in [0.25, 0.3) is 11.0 Å². The van der Waals surface area contributed by atoms with E-state index >= 15 is 0 Å². The Labute approximate surface area is 152 Å². The van der Waals surface area contributed by atoms with Crippen molar-refractivity contribution < 1.29 is 9.53 Å². The van der Waals surface area contributed by atoms with Gasteiger partial charge in [-0.25, -0.2) is 14.8 Å². The molecular weight excluding hydrogens is 338 g/mol. The number of rotatable bonds is 4. The molecule has 0 bridgehead atoms. The molecule has 130 valence electrons. The lowest BCUT2D eigenvalue weighted by atomic mass is 10.1. The molecular formula is C19H20ClN3O2. The number of hydrogen-bond acceptors (Lipinski definition) is 5. The number of methoxy groups -OCH3 is 1. The number of para-hydroxylation sites is 1. The number of aromatic nitrogens is 2. The van der Waals surface area contributed by atoms with Crippen molar-refractivity contribution in [1.29, 1.82) is 0 Å². The Kier molecular flexibility index (Phi) is 5.93. The van der Waals surface area contributed by atoms with Crippen molar-refractivity contribution >= 4 is 40.8 Å². The number of halogens is 1. The highest BCUT2D eigenvalue weighted by Crippen LogP contribution is 2.30. The number of nitrogens with zero attached hydrogens (tertiary/aromatic N) is 2. The molecule has 0 atom stereocenters. The summed E-state index contributed by atoms with van der Waals surface area (Å²) in [4.78, 5) is 20.9. The summed E-state index contributed by atoms with van der Waals surface area (Å²) in [6.45, 7) is 4.01. The molecule has 1 aromatic carbocycles. The summed E-state index contributed by atoms with van der Waals surface area (Å²) >= 11 is 0. The Hall–Kier alpha value is -2.66. The SMILES string of the molecule is CCc1ccccc1Nc1c(C(=O)OC)cnc2nc(C)ccc12.Cl. The first-order valence-corrected chi connectivity index (χ1v) is 7.83.